The van der Waals surface area contributed by atoms with Gasteiger partial charge in [-0.1, -0.05) is 18.6 Å². The Morgan fingerprint density at radius 3 is 2.29 bits per heavy atom. The molecule has 1 aromatic carbocycles. The van der Waals surface area contributed by atoms with Crippen LogP contribution in [0.2, 0.25) is 0 Å². The highest BCUT2D eigenvalue weighted by Gasteiger charge is 2.26. The second kappa shape index (κ2) is 10.7. The summed E-state index contributed by atoms with van der Waals surface area (Å²) in [6.45, 7) is 4.95. The molecule has 31 heavy (non-hydrogen) atoms. The van der Waals surface area contributed by atoms with Crippen molar-refractivity contribution in [2.24, 2.45) is 0 Å². The zero-order valence-corrected chi connectivity index (χ0v) is 19.6. The van der Waals surface area contributed by atoms with Gasteiger partial charge in [0.25, 0.3) is 0 Å². The fourth-order valence-electron chi connectivity index (χ4n) is 3.57. The van der Waals surface area contributed by atoms with Crippen molar-refractivity contribution in [1.29, 1.82) is 0 Å². The van der Waals surface area contributed by atoms with Gasteiger partial charge in [0, 0.05) is 12.2 Å². The zero-order valence-electron chi connectivity index (χ0n) is 17.9. The van der Waals surface area contributed by atoms with Crippen molar-refractivity contribution in [1.82, 2.24) is 4.90 Å². The summed E-state index contributed by atoms with van der Waals surface area (Å²) in [6, 6.07) is 8.14. The molecule has 2 N–H and O–H groups in total. The van der Waals surface area contributed by atoms with E-state index < -0.39 is 11.9 Å². The second-order valence-corrected chi connectivity index (χ2v) is 8.79. The van der Waals surface area contributed by atoms with Crippen molar-refractivity contribution in [3.8, 4) is 0 Å². The number of nitrogens with zero attached hydrogens (tertiary/aromatic N) is 1. The van der Waals surface area contributed by atoms with Crippen LogP contribution in [0.15, 0.2) is 24.3 Å². The number of hydrogen-bond acceptors (Lipinski definition) is 7. The van der Waals surface area contributed by atoms with Crippen LogP contribution in [-0.2, 0) is 16.0 Å². The lowest BCUT2D eigenvalue weighted by molar-refractivity contribution is 0.0601. The third kappa shape index (κ3) is 5.81. The van der Waals surface area contributed by atoms with E-state index in [2.05, 4.69) is 27.7 Å². The molecule has 3 rings (SSSR count). The van der Waals surface area contributed by atoms with Crippen molar-refractivity contribution in [2.45, 2.75) is 32.7 Å². The van der Waals surface area contributed by atoms with Gasteiger partial charge < -0.3 is 20.1 Å². The average Bonchev–Trinajstić information content (AvgIpc) is 3.10. The molecule has 1 fully saturated rings. The van der Waals surface area contributed by atoms with E-state index in [0.717, 1.165) is 36.7 Å². The maximum absolute atomic E-state index is 12.2. The molecule has 0 aliphatic carbocycles. The number of methoxy groups -OCH3 is 2. The SMILES string of the molecule is COC(=O)c1sc(NC(=S)Nc2ccc(CN3CCCCC3)cc2)c(C(=O)OC)c1C. The standard InChI is InChI=1S/C22H27N3O4S2/c1-14-17(20(26)28-2)19(31-18(14)21(27)29-3)24-22(30)23-16-9-7-15(8-10-16)13-25-11-5-4-6-12-25/h7-10H,4-6,11-13H2,1-3H3,(H2,23,24,30). The number of nitrogens with one attached hydrogen (secondary N) is 2. The highest BCUT2D eigenvalue weighted by molar-refractivity contribution is 7.80. The summed E-state index contributed by atoms with van der Waals surface area (Å²) in [5, 5.41) is 6.89. The number of benzene rings is 1. The molecule has 0 radical (unpaired) electrons. The van der Waals surface area contributed by atoms with Crippen molar-refractivity contribution in [2.75, 3.05) is 37.9 Å². The summed E-state index contributed by atoms with van der Waals surface area (Å²) >= 11 is 6.52. The summed E-state index contributed by atoms with van der Waals surface area (Å²) in [5.74, 6) is -1.06. The summed E-state index contributed by atoms with van der Waals surface area (Å²) in [4.78, 5) is 27.1. The van der Waals surface area contributed by atoms with Crippen molar-refractivity contribution < 1.29 is 19.1 Å². The van der Waals surface area contributed by atoms with Gasteiger partial charge in [0.15, 0.2) is 5.11 Å². The van der Waals surface area contributed by atoms with Crippen LogP contribution < -0.4 is 10.6 Å². The smallest absolute Gasteiger partial charge is 0.348 e. The Bertz CT molecular complexity index is 950. The lowest BCUT2D eigenvalue weighted by atomic mass is 10.1. The van der Waals surface area contributed by atoms with Gasteiger partial charge in [0.1, 0.15) is 9.88 Å². The van der Waals surface area contributed by atoms with E-state index >= 15 is 0 Å². The van der Waals surface area contributed by atoms with E-state index in [1.54, 1.807) is 6.92 Å². The predicted molar refractivity (Wildman–Crippen MR) is 127 cm³/mol. The Labute approximate surface area is 191 Å². The van der Waals surface area contributed by atoms with Crippen LogP contribution in [0.5, 0.6) is 0 Å². The van der Waals surface area contributed by atoms with Crippen LogP contribution in [0, 0.1) is 6.92 Å². The van der Waals surface area contributed by atoms with E-state index in [4.69, 9.17) is 21.7 Å². The molecule has 1 aliphatic rings. The molecule has 2 heterocycles. The topological polar surface area (TPSA) is 79.9 Å². The highest BCUT2D eigenvalue weighted by atomic mass is 32.1. The molecule has 1 aromatic heterocycles. The molecule has 0 unspecified atom stereocenters. The Morgan fingerprint density at radius 1 is 1.03 bits per heavy atom. The van der Waals surface area contributed by atoms with Crippen molar-refractivity contribution in [3.05, 3.63) is 45.8 Å². The third-order valence-electron chi connectivity index (χ3n) is 5.20. The molecule has 0 saturated carbocycles. The van der Waals surface area contributed by atoms with E-state index in [0.29, 0.717) is 20.6 Å². The number of carbonyl (C=O) groups excluding carboxylic acids is 2. The number of thiophene rings is 1. The fraction of sp³-hybridized carbons (Fsp3) is 0.409. The van der Waals surface area contributed by atoms with Gasteiger partial charge in [0.05, 0.1) is 19.8 Å². The minimum Gasteiger partial charge on any atom is -0.465 e. The Morgan fingerprint density at radius 2 is 1.68 bits per heavy atom. The van der Waals surface area contributed by atoms with E-state index in [1.807, 2.05) is 12.1 Å². The molecule has 0 atom stereocenters. The number of thiocarbonyl (C=S) groups is 1. The molecule has 2 aromatic rings. The number of rotatable bonds is 6. The Kier molecular flexibility index (Phi) is 8.00. The lowest BCUT2D eigenvalue weighted by Gasteiger charge is -2.26. The van der Waals surface area contributed by atoms with Crippen LogP contribution in [0.4, 0.5) is 10.7 Å². The van der Waals surface area contributed by atoms with Gasteiger partial charge >= 0.3 is 11.9 Å². The monoisotopic (exact) mass is 461 g/mol. The molecule has 1 saturated heterocycles. The van der Waals surface area contributed by atoms with Gasteiger partial charge in [-0.25, -0.2) is 9.59 Å². The molecular weight excluding hydrogens is 434 g/mol. The van der Waals surface area contributed by atoms with Gasteiger partial charge in [-0.15, -0.1) is 11.3 Å². The molecule has 7 nitrogen and oxygen atoms in total. The van der Waals surface area contributed by atoms with Crippen molar-refractivity contribution >= 4 is 51.3 Å². The number of hydrogen-bond donors (Lipinski definition) is 2. The second-order valence-electron chi connectivity index (χ2n) is 7.36. The largest absolute Gasteiger partial charge is 0.465 e. The molecule has 9 heteroatoms. The first kappa shape index (κ1) is 23.2. The lowest BCUT2D eigenvalue weighted by Crippen LogP contribution is -2.29. The molecule has 0 amide bonds. The van der Waals surface area contributed by atoms with E-state index in [-0.39, 0.29) is 5.56 Å². The average molecular weight is 462 g/mol. The normalized spacial score (nSPS) is 14.0. The maximum atomic E-state index is 12.2. The van der Waals surface area contributed by atoms with Crippen LogP contribution in [0.25, 0.3) is 0 Å². The Balaban J connectivity index is 1.67. The van der Waals surface area contributed by atoms with Crippen LogP contribution in [0.3, 0.4) is 0 Å². The van der Waals surface area contributed by atoms with E-state index in [1.165, 1.54) is 39.0 Å². The number of likely N-dealkylation sites (tertiary alicyclic amines) is 1. The molecule has 1 aliphatic heterocycles. The van der Waals surface area contributed by atoms with Gasteiger partial charge in [-0.05, 0) is 68.3 Å². The summed E-state index contributed by atoms with van der Waals surface area (Å²) in [5.41, 5.74) is 2.86. The van der Waals surface area contributed by atoms with Crippen LogP contribution >= 0.6 is 23.6 Å². The minimum absolute atomic E-state index is 0.272. The first-order chi connectivity index (χ1) is 14.9. The first-order valence-electron chi connectivity index (χ1n) is 10.1. The number of ether oxygens (including phenoxy) is 2. The number of esters is 2. The van der Waals surface area contributed by atoms with Gasteiger partial charge in [-0.3, -0.25) is 4.90 Å². The highest BCUT2D eigenvalue weighted by Crippen LogP contribution is 2.34. The first-order valence-corrected chi connectivity index (χ1v) is 11.3. The maximum Gasteiger partial charge on any atom is 0.348 e. The molecule has 0 spiro atoms. The zero-order chi connectivity index (χ0) is 22.4. The van der Waals surface area contributed by atoms with Crippen LogP contribution in [0.1, 0.15) is 50.4 Å². The minimum atomic E-state index is -0.545. The van der Waals surface area contributed by atoms with E-state index in [9.17, 15) is 9.59 Å². The number of carbonyl (C=O) groups is 2. The fourth-order valence-corrected chi connectivity index (χ4v) is 4.97. The van der Waals surface area contributed by atoms with Gasteiger partial charge in [-0.2, -0.15) is 0 Å². The van der Waals surface area contributed by atoms with Gasteiger partial charge in [0.2, 0.25) is 0 Å². The van der Waals surface area contributed by atoms with Crippen molar-refractivity contribution in [3.63, 3.8) is 0 Å². The summed E-state index contributed by atoms with van der Waals surface area (Å²) in [6.07, 6.45) is 3.87. The number of anilines is 2. The summed E-state index contributed by atoms with van der Waals surface area (Å²) < 4.78 is 9.67. The molecule has 166 valence electrons. The predicted octanol–water partition coefficient (Wildman–Crippen LogP) is 4.42. The van der Waals surface area contributed by atoms with Crippen LogP contribution in [-0.4, -0.2) is 49.3 Å². The molecule has 0 bridgehead atoms. The third-order valence-corrected chi connectivity index (χ3v) is 6.59. The Hall–Kier alpha value is -2.49. The quantitative estimate of drug-likeness (QED) is 0.483. The number of piperidine rings is 1. The molecular formula is C22H27N3O4S2. The summed E-state index contributed by atoms with van der Waals surface area (Å²) in [7, 11) is 2.59.